The highest BCUT2D eigenvalue weighted by atomic mass is 16.5. The summed E-state index contributed by atoms with van der Waals surface area (Å²) >= 11 is 0. The average Bonchev–Trinajstić information content (AvgIpc) is 2.61. The van der Waals surface area contributed by atoms with Gasteiger partial charge in [0.15, 0.2) is 0 Å². The molecule has 0 aromatic rings. The number of rotatable bonds is 7. The maximum absolute atomic E-state index is 12.6. The third-order valence-corrected chi connectivity index (χ3v) is 4.00. The second-order valence-electron chi connectivity index (χ2n) is 7.22. The minimum absolute atomic E-state index is 0.0615. The minimum atomic E-state index is -0.711. The Labute approximate surface area is 160 Å². The molecule has 8 nitrogen and oxygen atoms in total. The van der Waals surface area contributed by atoms with Crippen LogP contribution in [0.15, 0.2) is 12.2 Å². The van der Waals surface area contributed by atoms with Crippen LogP contribution in [-0.2, 0) is 23.9 Å². The number of hydrogen-bond acceptors (Lipinski definition) is 6. The van der Waals surface area contributed by atoms with Gasteiger partial charge in [-0.15, -0.1) is 0 Å². The molecule has 2 amide bonds. The van der Waals surface area contributed by atoms with Gasteiger partial charge < -0.3 is 25.2 Å². The Morgan fingerprint density at radius 3 is 2.89 bits per heavy atom. The first-order valence-electron chi connectivity index (χ1n) is 9.42. The van der Waals surface area contributed by atoms with Crippen LogP contribution in [0, 0.1) is 5.92 Å². The molecule has 8 heteroatoms. The fourth-order valence-electron chi connectivity index (χ4n) is 2.56. The van der Waals surface area contributed by atoms with Gasteiger partial charge in [0.05, 0.1) is 31.3 Å². The van der Waals surface area contributed by atoms with Crippen LogP contribution >= 0.6 is 0 Å². The highest BCUT2D eigenvalue weighted by Crippen LogP contribution is 2.15. The lowest BCUT2D eigenvalue weighted by Crippen LogP contribution is -2.50. The van der Waals surface area contributed by atoms with E-state index in [2.05, 4.69) is 10.6 Å². The number of allylic oxidation sites excluding steroid dienone is 2. The van der Waals surface area contributed by atoms with E-state index in [4.69, 9.17) is 14.6 Å². The normalized spacial score (nSPS) is 21.2. The molecule has 0 aliphatic carbocycles. The number of ether oxygens (including phenoxy) is 2. The van der Waals surface area contributed by atoms with E-state index in [1.807, 2.05) is 12.2 Å². The van der Waals surface area contributed by atoms with Crippen molar-refractivity contribution in [2.45, 2.75) is 51.5 Å². The van der Waals surface area contributed by atoms with Crippen LogP contribution in [0.3, 0.4) is 0 Å². The van der Waals surface area contributed by atoms with Crippen LogP contribution in [0.4, 0.5) is 0 Å². The molecular formula is C19H32N2O6. The number of nitrogens with one attached hydrogen (secondary N) is 2. The largest absolute Gasteiger partial charge is 0.463 e. The Kier molecular flexibility index (Phi) is 10.7. The van der Waals surface area contributed by atoms with E-state index in [9.17, 15) is 14.4 Å². The number of hydrogen-bond donors (Lipinski definition) is 3. The lowest BCUT2D eigenvalue weighted by Gasteiger charge is -2.28. The van der Waals surface area contributed by atoms with Crippen molar-refractivity contribution >= 4 is 17.8 Å². The van der Waals surface area contributed by atoms with Crippen molar-refractivity contribution in [3.05, 3.63) is 12.2 Å². The van der Waals surface area contributed by atoms with Gasteiger partial charge in [-0.3, -0.25) is 14.4 Å². The Bertz CT molecular complexity index is 518. The number of amides is 2. The molecule has 0 aromatic heterocycles. The van der Waals surface area contributed by atoms with Gasteiger partial charge in [-0.05, 0) is 33.1 Å². The summed E-state index contributed by atoms with van der Waals surface area (Å²) in [5, 5.41) is 14.2. The van der Waals surface area contributed by atoms with Crippen molar-refractivity contribution < 1.29 is 29.0 Å². The SMILES string of the molecule is CC1(C)COC(=O)CCCC=CC[C@H](CC(=O)NCCOCCO)C(=O)N1. The summed E-state index contributed by atoms with van der Waals surface area (Å²) < 4.78 is 10.3. The molecule has 154 valence electrons. The smallest absolute Gasteiger partial charge is 0.305 e. The van der Waals surface area contributed by atoms with Crippen molar-refractivity contribution in [3.63, 3.8) is 0 Å². The van der Waals surface area contributed by atoms with Crippen molar-refractivity contribution in [3.8, 4) is 0 Å². The van der Waals surface area contributed by atoms with Crippen LogP contribution < -0.4 is 10.6 Å². The van der Waals surface area contributed by atoms with E-state index in [-0.39, 0.29) is 44.0 Å². The molecule has 0 saturated carbocycles. The first-order valence-corrected chi connectivity index (χ1v) is 9.42. The molecule has 0 radical (unpaired) electrons. The van der Waals surface area contributed by atoms with Gasteiger partial charge in [0.2, 0.25) is 11.8 Å². The topological polar surface area (TPSA) is 114 Å². The van der Waals surface area contributed by atoms with Crippen molar-refractivity contribution in [1.29, 1.82) is 0 Å². The monoisotopic (exact) mass is 384 g/mol. The molecular weight excluding hydrogens is 352 g/mol. The zero-order chi connectivity index (χ0) is 20.1. The van der Waals surface area contributed by atoms with E-state index in [0.717, 1.165) is 6.42 Å². The van der Waals surface area contributed by atoms with E-state index in [1.54, 1.807) is 13.8 Å². The molecule has 0 aromatic carbocycles. The standard InChI is InChI=1S/C19H32N2O6/c1-19(2)14-27-17(24)8-6-4-3-5-7-15(18(25)21-19)13-16(23)20-9-11-26-12-10-22/h3,5,15,22H,4,6-14H2,1-2H3,(H,20,23)(H,21,25)/t15-/m1/s1. The van der Waals surface area contributed by atoms with Gasteiger partial charge in [-0.1, -0.05) is 12.2 Å². The summed E-state index contributed by atoms with van der Waals surface area (Å²) in [6.45, 7) is 4.45. The number of aliphatic hydroxyl groups excluding tert-OH is 1. The van der Waals surface area contributed by atoms with Crippen molar-refractivity contribution in [2.24, 2.45) is 5.92 Å². The summed E-state index contributed by atoms with van der Waals surface area (Å²) in [6.07, 6.45) is 6.09. The van der Waals surface area contributed by atoms with E-state index in [1.165, 1.54) is 0 Å². The first kappa shape index (κ1) is 23.1. The second kappa shape index (κ2) is 12.5. The molecule has 1 heterocycles. The fraction of sp³-hybridized carbons (Fsp3) is 0.737. The Hall–Kier alpha value is -1.93. The van der Waals surface area contributed by atoms with Gasteiger partial charge in [0.1, 0.15) is 6.61 Å². The summed E-state index contributed by atoms with van der Waals surface area (Å²) in [5.74, 6) is -1.25. The lowest BCUT2D eigenvalue weighted by atomic mass is 9.97. The van der Waals surface area contributed by atoms with Gasteiger partial charge in [0, 0.05) is 19.4 Å². The van der Waals surface area contributed by atoms with Crippen LogP contribution in [-0.4, -0.2) is 61.4 Å². The van der Waals surface area contributed by atoms with Crippen LogP contribution in [0.2, 0.25) is 0 Å². The molecule has 1 aliphatic rings. The molecule has 0 unspecified atom stereocenters. The van der Waals surface area contributed by atoms with Crippen molar-refractivity contribution in [1.82, 2.24) is 10.6 Å². The predicted molar refractivity (Wildman–Crippen MR) is 99.8 cm³/mol. The summed E-state index contributed by atoms with van der Waals surface area (Å²) in [4.78, 5) is 36.5. The number of esters is 1. The average molecular weight is 384 g/mol. The molecule has 0 fully saturated rings. The quantitative estimate of drug-likeness (QED) is 0.338. The third kappa shape index (κ3) is 10.7. The predicted octanol–water partition coefficient (Wildman–Crippen LogP) is 0.686. The van der Waals surface area contributed by atoms with Crippen LogP contribution in [0.1, 0.15) is 46.0 Å². The summed E-state index contributed by atoms with van der Waals surface area (Å²) in [7, 11) is 0. The Balaban J connectivity index is 2.63. The van der Waals surface area contributed by atoms with Crippen molar-refractivity contribution in [2.75, 3.05) is 33.0 Å². The second-order valence-corrected chi connectivity index (χ2v) is 7.22. The Morgan fingerprint density at radius 1 is 1.37 bits per heavy atom. The lowest BCUT2D eigenvalue weighted by molar-refractivity contribution is -0.146. The fourth-order valence-corrected chi connectivity index (χ4v) is 2.56. The summed E-state index contributed by atoms with van der Waals surface area (Å²) in [6, 6.07) is 0. The zero-order valence-electron chi connectivity index (χ0n) is 16.3. The van der Waals surface area contributed by atoms with Crippen LogP contribution in [0.25, 0.3) is 0 Å². The van der Waals surface area contributed by atoms with Gasteiger partial charge >= 0.3 is 5.97 Å². The van der Waals surface area contributed by atoms with Gasteiger partial charge in [-0.25, -0.2) is 0 Å². The molecule has 3 N–H and O–H groups in total. The Morgan fingerprint density at radius 2 is 2.15 bits per heavy atom. The number of carbonyl (C=O) groups excluding carboxylic acids is 3. The van der Waals surface area contributed by atoms with E-state index in [0.29, 0.717) is 32.4 Å². The minimum Gasteiger partial charge on any atom is -0.463 e. The first-order chi connectivity index (χ1) is 12.8. The maximum Gasteiger partial charge on any atom is 0.305 e. The van der Waals surface area contributed by atoms with Gasteiger partial charge in [-0.2, -0.15) is 0 Å². The number of carbonyl (C=O) groups is 3. The molecule has 0 saturated heterocycles. The summed E-state index contributed by atoms with van der Waals surface area (Å²) in [5.41, 5.74) is -0.711. The molecule has 1 rings (SSSR count). The van der Waals surface area contributed by atoms with E-state index < -0.39 is 11.5 Å². The van der Waals surface area contributed by atoms with E-state index >= 15 is 0 Å². The molecule has 1 atom stereocenters. The molecule has 27 heavy (non-hydrogen) atoms. The highest BCUT2D eigenvalue weighted by Gasteiger charge is 2.28. The van der Waals surface area contributed by atoms with Gasteiger partial charge in [0.25, 0.3) is 0 Å². The highest BCUT2D eigenvalue weighted by molar-refractivity contribution is 5.86. The molecule has 1 aliphatic heterocycles. The third-order valence-electron chi connectivity index (χ3n) is 4.00. The zero-order valence-corrected chi connectivity index (χ0v) is 16.3. The number of aliphatic hydroxyl groups is 1. The maximum atomic E-state index is 12.6. The number of cyclic esters (lactones) is 1. The molecule has 0 spiro atoms. The van der Waals surface area contributed by atoms with Crippen LogP contribution in [0.5, 0.6) is 0 Å². The molecule has 0 bridgehead atoms.